The molecule has 196 valence electrons. The van der Waals surface area contributed by atoms with Crippen LogP contribution in [0.15, 0.2) is 48.5 Å². The van der Waals surface area contributed by atoms with Gasteiger partial charge in [0.1, 0.15) is 23.6 Å². The van der Waals surface area contributed by atoms with Gasteiger partial charge in [0, 0.05) is 36.6 Å². The number of carbonyl (C=O) groups excluding carboxylic acids is 3. The van der Waals surface area contributed by atoms with E-state index in [0.29, 0.717) is 23.0 Å². The Bertz CT molecular complexity index is 1500. The van der Waals surface area contributed by atoms with E-state index in [1.165, 1.54) is 21.9 Å². The van der Waals surface area contributed by atoms with Gasteiger partial charge in [0.25, 0.3) is 5.91 Å². The topological polar surface area (TPSA) is 109 Å². The van der Waals surface area contributed by atoms with Gasteiger partial charge in [-0.3, -0.25) is 14.4 Å². The molecular weight excluding hydrogens is 485 g/mol. The molecule has 1 saturated heterocycles. The van der Waals surface area contributed by atoms with Gasteiger partial charge in [-0.2, -0.15) is 5.26 Å². The van der Waals surface area contributed by atoms with Gasteiger partial charge in [0.2, 0.25) is 11.8 Å². The number of nitriles is 1. The molecule has 2 aromatic carbocycles. The molecule has 5 rings (SSSR count). The molecule has 0 radical (unpaired) electrons. The number of hydrogen-bond donors (Lipinski definition) is 2. The Morgan fingerprint density at radius 3 is 2.66 bits per heavy atom. The minimum atomic E-state index is -1.02. The summed E-state index contributed by atoms with van der Waals surface area (Å²) in [7, 11) is 1.54. The summed E-state index contributed by atoms with van der Waals surface area (Å²) in [5.41, 5.74) is 0.759. The minimum Gasteiger partial charge on any atom is -0.350 e. The predicted molar refractivity (Wildman–Crippen MR) is 141 cm³/mol. The van der Waals surface area contributed by atoms with Crippen molar-refractivity contribution in [3.63, 3.8) is 0 Å². The highest BCUT2D eigenvalue weighted by Crippen LogP contribution is 2.46. The maximum absolute atomic E-state index is 14.3. The van der Waals surface area contributed by atoms with E-state index in [4.69, 9.17) is 0 Å². The zero-order valence-electron chi connectivity index (χ0n) is 21.8. The van der Waals surface area contributed by atoms with Crippen molar-refractivity contribution in [3.8, 4) is 6.07 Å². The largest absolute Gasteiger partial charge is 0.350 e. The van der Waals surface area contributed by atoms with Gasteiger partial charge in [-0.25, -0.2) is 4.39 Å². The van der Waals surface area contributed by atoms with Crippen LogP contribution in [0.2, 0.25) is 0 Å². The fourth-order valence-electron chi connectivity index (χ4n) is 5.71. The number of likely N-dealkylation sites (tertiary alicyclic amines) is 1. The summed E-state index contributed by atoms with van der Waals surface area (Å²) >= 11 is 0. The van der Waals surface area contributed by atoms with Crippen LogP contribution in [0.3, 0.4) is 0 Å². The lowest BCUT2D eigenvalue weighted by Gasteiger charge is -2.35. The van der Waals surface area contributed by atoms with E-state index in [0.717, 1.165) is 5.56 Å². The zero-order chi connectivity index (χ0) is 27.4. The third kappa shape index (κ3) is 4.10. The number of anilines is 1. The number of rotatable bonds is 4. The molecule has 9 heteroatoms. The lowest BCUT2D eigenvalue weighted by atomic mass is 9.80. The molecule has 2 aliphatic rings. The molecular formula is C29H30FN5O3. The first-order valence-corrected chi connectivity index (χ1v) is 12.6. The smallest absolute Gasteiger partial charge is 0.270 e. The van der Waals surface area contributed by atoms with Crippen molar-refractivity contribution in [2.45, 2.75) is 51.1 Å². The Morgan fingerprint density at radius 2 is 1.97 bits per heavy atom. The van der Waals surface area contributed by atoms with Crippen molar-refractivity contribution in [3.05, 3.63) is 65.6 Å². The van der Waals surface area contributed by atoms with E-state index in [2.05, 4.69) is 16.4 Å². The third-order valence-corrected chi connectivity index (χ3v) is 7.64. The summed E-state index contributed by atoms with van der Waals surface area (Å²) in [5, 5.41) is 13.2. The molecule has 2 aliphatic heterocycles. The second-order valence-corrected chi connectivity index (χ2v) is 11.5. The van der Waals surface area contributed by atoms with E-state index < -0.39 is 35.1 Å². The third-order valence-electron chi connectivity index (χ3n) is 7.64. The van der Waals surface area contributed by atoms with Crippen molar-refractivity contribution in [1.29, 1.82) is 5.26 Å². The van der Waals surface area contributed by atoms with E-state index >= 15 is 0 Å². The van der Waals surface area contributed by atoms with Crippen molar-refractivity contribution in [2.75, 3.05) is 18.9 Å². The first-order chi connectivity index (χ1) is 17.9. The molecule has 0 aliphatic carbocycles. The normalized spacial score (nSPS) is 21.3. The molecule has 1 spiro atoms. The average molecular weight is 516 g/mol. The van der Waals surface area contributed by atoms with E-state index in [1.807, 2.05) is 45.0 Å². The summed E-state index contributed by atoms with van der Waals surface area (Å²) < 4.78 is 14.3. The Morgan fingerprint density at radius 1 is 1.24 bits per heavy atom. The van der Waals surface area contributed by atoms with Crippen LogP contribution in [-0.2, 0) is 15.0 Å². The van der Waals surface area contributed by atoms with Gasteiger partial charge in [-0.15, -0.1) is 0 Å². The highest BCUT2D eigenvalue weighted by molar-refractivity contribution is 6.07. The SMILES string of the molecule is CN(C(=O)c1cc2c(F)cccc2[nH]1)[C@@H](CC(C)(C)C)C(=O)N1C[C@]2(CC1C#N)C(=O)Nc1ccccc12. The maximum Gasteiger partial charge on any atom is 0.270 e. The second-order valence-electron chi connectivity index (χ2n) is 11.5. The fraction of sp³-hybridized carbons (Fsp3) is 0.379. The highest BCUT2D eigenvalue weighted by atomic mass is 19.1. The van der Waals surface area contributed by atoms with Crippen LogP contribution in [0.1, 0.15) is 49.7 Å². The molecule has 2 N–H and O–H groups in total. The molecule has 1 unspecified atom stereocenters. The molecule has 3 amide bonds. The van der Waals surface area contributed by atoms with Crippen LogP contribution in [-0.4, -0.2) is 58.2 Å². The van der Waals surface area contributed by atoms with Crippen molar-refractivity contribution < 1.29 is 18.8 Å². The number of halogens is 1. The monoisotopic (exact) mass is 515 g/mol. The quantitative estimate of drug-likeness (QED) is 0.543. The lowest BCUT2D eigenvalue weighted by molar-refractivity contribution is -0.137. The number of fused-ring (bicyclic) bond motifs is 3. The average Bonchev–Trinajstić information content (AvgIpc) is 3.56. The predicted octanol–water partition coefficient (Wildman–Crippen LogP) is 4.20. The number of nitrogens with one attached hydrogen (secondary N) is 2. The Labute approximate surface area is 220 Å². The van der Waals surface area contributed by atoms with E-state index in [1.54, 1.807) is 19.2 Å². The first kappa shape index (κ1) is 25.5. The van der Waals surface area contributed by atoms with Gasteiger partial charge >= 0.3 is 0 Å². The van der Waals surface area contributed by atoms with Crippen LogP contribution < -0.4 is 5.32 Å². The Balaban J connectivity index is 1.48. The van der Waals surface area contributed by atoms with Crippen molar-refractivity contribution >= 4 is 34.3 Å². The highest BCUT2D eigenvalue weighted by Gasteiger charge is 2.56. The van der Waals surface area contributed by atoms with Crippen molar-refractivity contribution in [1.82, 2.24) is 14.8 Å². The molecule has 0 bridgehead atoms. The zero-order valence-corrected chi connectivity index (χ0v) is 21.8. The molecule has 1 aromatic heterocycles. The van der Waals surface area contributed by atoms with Crippen LogP contribution in [0.4, 0.5) is 10.1 Å². The number of aromatic amines is 1. The number of H-pyrrole nitrogens is 1. The van der Waals surface area contributed by atoms with Gasteiger partial charge < -0.3 is 20.1 Å². The fourth-order valence-corrected chi connectivity index (χ4v) is 5.71. The standard InChI is InChI=1S/C29H30FN5O3/c1-28(2,3)14-24(34(4)25(36)23-12-18-20(30)9-7-11-21(18)32-23)26(37)35-16-29(13-17(35)15-31)19-8-5-6-10-22(19)33-27(29)38/h5-12,17,24,32H,13-14,16H2,1-4H3,(H,33,38)/t17?,24-,29-/m0/s1. The summed E-state index contributed by atoms with van der Waals surface area (Å²) in [6.07, 6.45) is 0.506. The summed E-state index contributed by atoms with van der Waals surface area (Å²) in [5.74, 6) is -1.53. The van der Waals surface area contributed by atoms with Crippen LogP contribution in [0.25, 0.3) is 10.9 Å². The number of likely N-dealkylation sites (N-methyl/N-ethyl adjacent to an activating group) is 1. The minimum absolute atomic E-state index is 0.0488. The first-order valence-electron chi connectivity index (χ1n) is 12.6. The second kappa shape index (κ2) is 8.98. The molecule has 1 fully saturated rings. The molecule has 0 saturated carbocycles. The Hall–Kier alpha value is -4.19. The molecule has 38 heavy (non-hydrogen) atoms. The number of hydrogen-bond acceptors (Lipinski definition) is 4. The van der Waals surface area contributed by atoms with Crippen molar-refractivity contribution in [2.24, 2.45) is 5.41 Å². The molecule has 3 atom stereocenters. The number of benzene rings is 2. The van der Waals surface area contributed by atoms with Gasteiger partial charge in [0.15, 0.2) is 0 Å². The number of nitrogens with zero attached hydrogens (tertiary/aromatic N) is 3. The van der Waals surface area contributed by atoms with Crippen LogP contribution in [0, 0.1) is 22.6 Å². The van der Waals surface area contributed by atoms with E-state index in [-0.39, 0.29) is 30.0 Å². The summed E-state index contributed by atoms with van der Waals surface area (Å²) in [4.78, 5) is 46.6. The van der Waals surface area contributed by atoms with Gasteiger partial charge in [0.05, 0.1) is 11.5 Å². The maximum atomic E-state index is 14.3. The van der Waals surface area contributed by atoms with Gasteiger partial charge in [-0.1, -0.05) is 45.0 Å². The number of amides is 3. The van der Waals surface area contributed by atoms with Crippen LogP contribution >= 0.6 is 0 Å². The molecule has 3 heterocycles. The number of aromatic nitrogens is 1. The van der Waals surface area contributed by atoms with Gasteiger partial charge in [-0.05, 0) is 41.7 Å². The number of carbonyl (C=O) groups is 3. The van der Waals surface area contributed by atoms with E-state index in [9.17, 15) is 24.0 Å². The number of para-hydroxylation sites is 1. The molecule has 8 nitrogen and oxygen atoms in total. The summed E-state index contributed by atoms with van der Waals surface area (Å²) in [6, 6.07) is 13.8. The molecule has 3 aromatic rings. The van der Waals surface area contributed by atoms with Crippen LogP contribution in [0.5, 0.6) is 0 Å². The summed E-state index contributed by atoms with van der Waals surface area (Å²) in [6.45, 7) is 5.96. The Kier molecular flexibility index (Phi) is 6.02. The lowest BCUT2D eigenvalue weighted by Crippen LogP contribution is -2.52.